The van der Waals surface area contributed by atoms with Gasteiger partial charge >= 0.3 is 0 Å². The summed E-state index contributed by atoms with van der Waals surface area (Å²) in [5.74, 6) is 0. The Morgan fingerprint density at radius 1 is 0.698 bits per heavy atom. The predicted octanol–water partition coefficient (Wildman–Crippen LogP) is 13.1. The number of nitrogens with zero attached hydrogens (tertiary/aromatic N) is 1. The van der Waals surface area contributed by atoms with Gasteiger partial charge in [-0.05, 0) is 87.9 Å². The molecule has 1 aromatic heterocycles. The van der Waals surface area contributed by atoms with Gasteiger partial charge in [-0.15, -0.1) is 11.3 Å². The molecule has 0 saturated carbocycles. The number of rotatable bonds is 7. The minimum atomic E-state index is 0.0515. The van der Waals surface area contributed by atoms with Crippen molar-refractivity contribution in [2.45, 2.75) is 85.0 Å². The van der Waals surface area contributed by atoms with Crippen molar-refractivity contribution in [2.75, 3.05) is 10.2 Å². The van der Waals surface area contributed by atoms with Gasteiger partial charge in [-0.25, -0.2) is 0 Å². The van der Waals surface area contributed by atoms with Gasteiger partial charge in [-0.1, -0.05) is 110 Å². The Kier molecular flexibility index (Phi) is 8.46. The van der Waals surface area contributed by atoms with E-state index in [9.17, 15) is 0 Å². The van der Waals surface area contributed by atoms with E-state index in [4.69, 9.17) is 11.6 Å². The maximum absolute atomic E-state index is 7.30. The van der Waals surface area contributed by atoms with Gasteiger partial charge in [0.1, 0.15) is 0 Å². The van der Waals surface area contributed by atoms with Crippen LogP contribution in [0.15, 0.2) is 90.3 Å². The van der Waals surface area contributed by atoms with Crippen LogP contribution in [0.2, 0.25) is 5.02 Å². The molecule has 0 radical (unpaired) electrons. The number of fused-ring (bicyclic) bond motifs is 1. The molecule has 0 fully saturated rings. The Balaban J connectivity index is 1.62. The number of hydrogen-bond donors (Lipinski definition) is 1. The lowest BCUT2D eigenvalue weighted by molar-refractivity contribution is 0.506. The van der Waals surface area contributed by atoms with E-state index in [2.05, 4.69) is 163 Å². The highest BCUT2D eigenvalue weighted by Crippen LogP contribution is 2.47. The molecule has 1 N–H and O–H groups in total. The summed E-state index contributed by atoms with van der Waals surface area (Å²) in [6.45, 7) is 20.4. The summed E-state index contributed by atoms with van der Waals surface area (Å²) in [4.78, 5) is 2.32. The molecular formula is C39H45ClN2S. The van der Waals surface area contributed by atoms with Crippen LogP contribution in [0, 0.1) is 0 Å². The van der Waals surface area contributed by atoms with E-state index in [1.165, 1.54) is 26.8 Å². The van der Waals surface area contributed by atoms with Crippen LogP contribution in [-0.4, -0.2) is 0 Å². The van der Waals surface area contributed by atoms with Crippen molar-refractivity contribution >= 4 is 61.5 Å². The zero-order valence-corrected chi connectivity index (χ0v) is 28.7. The average molecular weight is 609 g/mol. The molecule has 0 amide bonds. The van der Waals surface area contributed by atoms with Crippen LogP contribution in [0.3, 0.4) is 0 Å². The van der Waals surface area contributed by atoms with Crippen molar-refractivity contribution in [3.63, 3.8) is 0 Å². The predicted molar refractivity (Wildman–Crippen MR) is 192 cm³/mol. The maximum Gasteiger partial charge on any atom is 0.0881 e. The van der Waals surface area contributed by atoms with E-state index in [-0.39, 0.29) is 16.2 Å². The van der Waals surface area contributed by atoms with Gasteiger partial charge in [0.25, 0.3) is 0 Å². The highest BCUT2D eigenvalue weighted by Gasteiger charge is 2.24. The molecular weight excluding hydrogens is 564 g/mol. The molecule has 0 bridgehead atoms. The molecule has 0 saturated heterocycles. The van der Waals surface area contributed by atoms with Gasteiger partial charge in [0.15, 0.2) is 0 Å². The number of nitrogens with one attached hydrogen (secondary N) is 1. The van der Waals surface area contributed by atoms with Crippen LogP contribution >= 0.6 is 22.9 Å². The van der Waals surface area contributed by atoms with E-state index in [1.54, 1.807) is 11.3 Å². The van der Waals surface area contributed by atoms with Crippen molar-refractivity contribution in [3.8, 4) is 0 Å². The summed E-state index contributed by atoms with van der Waals surface area (Å²) in [5, 5.41) is 7.79. The summed E-state index contributed by atoms with van der Waals surface area (Å²) in [6.07, 6.45) is 1.09. The summed E-state index contributed by atoms with van der Waals surface area (Å²) in [6, 6.07) is 30.8. The first kappa shape index (κ1) is 31.2. The first-order valence-electron chi connectivity index (χ1n) is 15.3. The largest absolute Gasteiger partial charge is 0.354 e. The smallest absolute Gasteiger partial charge is 0.0881 e. The molecule has 2 nitrogen and oxygen atoms in total. The zero-order valence-electron chi connectivity index (χ0n) is 27.1. The van der Waals surface area contributed by atoms with Crippen molar-refractivity contribution in [2.24, 2.45) is 0 Å². The number of benzene rings is 4. The molecule has 0 aliphatic heterocycles. The third kappa shape index (κ3) is 6.49. The molecule has 5 rings (SSSR count). The summed E-state index contributed by atoms with van der Waals surface area (Å²) in [5.41, 5.74) is 9.30. The lowest BCUT2D eigenvalue weighted by Gasteiger charge is -2.28. The quantitative estimate of drug-likeness (QED) is 0.198. The number of halogens is 1. The molecule has 0 aliphatic rings. The Morgan fingerprint density at radius 3 is 1.91 bits per heavy atom. The molecule has 4 aromatic carbocycles. The van der Waals surface area contributed by atoms with Gasteiger partial charge in [0.2, 0.25) is 0 Å². The Bertz CT molecular complexity index is 1720. The van der Waals surface area contributed by atoms with Crippen molar-refractivity contribution in [1.29, 1.82) is 0 Å². The van der Waals surface area contributed by atoms with E-state index < -0.39 is 0 Å². The van der Waals surface area contributed by atoms with Crippen molar-refractivity contribution < 1.29 is 0 Å². The molecule has 0 atom stereocenters. The van der Waals surface area contributed by atoms with Gasteiger partial charge in [-0.2, -0.15) is 0 Å². The normalized spacial score (nSPS) is 12.5. The van der Waals surface area contributed by atoms with Gasteiger partial charge in [0.05, 0.1) is 22.1 Å². The minimum Gasteiger partial charge on any atom is -0.354 e. The summed E-state index contributed by atoms with van der Waals surface area (Å²) < 4.78 is 1.26. The fourth-order valence-corrected chi connectivity index (χ4v) is 6.49. The van der Waals surface area contributed by atoms with Gasteiger partial charge in [-0.3, -0.25) is 0 Å². The third-order valence-corrected chi connectivity index (χ3v) is 10.0. The Morgan fingerprint density at radius 2 is 1.30 bits per heavy atom. The monoisotopic (exact) mass is 608 g/mol. The lowest BCUT2D eigenvalue weighted by atomic mass is 9.82. The molecule has 1 heterocycles. The zero-order chi connectivity index (χ0) is 31.2. The van der Waals surface area contributed by atoms with Crippen LogP contribution in [0.1, 0.15) is 85.4 Å². The fraction of sp³-hybridized carbons (Fsp3) is 0.333. The SMILES string of the molecule is CCC(C)(C)c1ccc(Nc2cccc(N(c3ccc(C(C)(C)C)cc3)c3csc4ccc(C(C)(C)C)cc34)c2Cl)cc1. The molecule has 43 heavy (non-hydrogen) atoms. The lowest BCUT2D eigenvalue weighted by Crippen LogP contribution is -2.15. The molecule has 0 aliphatic carbocycles. The third-order valence-electron chi connectivity index (χ3n) is 8.70. The number of thiophene rings is 1. The number of anilines is 5. The molecule has 0 unspecified atom stereocenters. The molecule has 5 aromatic rings. The average Bonchev–Trinajstić information content (AvgIpc) is 3.38. The maximum atomic E-state index is 7.30. The van der Waals surface area contributed by atoms with Crippen LogP contribution < -0.4 is 10.2 Å². The van der Waals surface area contributed by atoms with E-state index in [0.29, 0.717) is 5.02 Å². The number of hydrogen-bond acceptors (Lipinski definition) is 3. The van der Waals surface area contributed by atoms with E-state index in [0.717, 1.165) is 34.9 Å². The van der Waals surface area contributed by atoms with Crippen LogP contribution in [0.25, 0.3) is 10.1 Å². The minimum absolute atomic E-state index is 0.0515. The summed E-state index contributed by atoms with van der Waals surface area (Å²) in [7, 11) is 0. The molecule has 0 spiro atoms. The van der Waals surface area contributed by atoms with Gasteiger partial charge < -0.3 is 10.2 Å². The van der Waals surface area contributed by atoms with Crippen LogP contribution in [0.4, 0.5) is 28.4 Å². The van der Waals surface area contributed by atoms with Crippen molar-refractivity contribution in [3.05, 3.63) is 112 Å². The summed E-state index contributed by atoms with van der Waals surface area (Å²) >= 11 is 9.08. The highest BCUT2D eigenvalue weighted by molar-refractivity contribution is 7.17. The first-order valence-corrected chi connectivity index (χ1v) is 16.5. The molecule has 4 heteroatoms. The second-order valence-corrected chi connectivity index (χ2v) is 15.6. The van der Waals surface area contributed by atoms with Crippen LogP contribution in [0.5, 0.6) is 0 Å². The standard InChI is InChI=1S/C39H45ClN2S/c1-10-39(8,9)27-14-19-29(20-15-27)41-32-12-11-13-33(36(32)40)42(30-21-16-26(17-22-30)37(2,3)4)34-25-43-35-23-18-28(24-31(34)35)38(5,6)7/h11-25,41H,10H2,1-9H3. The Labute approximate surface area is 267 Å². The van der Waals surface area contributed by atoms with E-state index >= 15 is 0 Å². The Hall–Kier alpha value is -3.27. The fourth-order valence-electron chi connectivity index (χ4n) is 5.33. The second-order valence-electron chi connectivity index (χ2n) is 14.3. The van der Waals surface area contributed by atoms with Crippen LogP contribution in [-0.2, 0) is 16.2 Å². The van der Waals surface area contributed by atoms with Gasteiger partial charge in [0, 0.05) is 26.8 Å². The molecule has 224 valence electrons. The van der Waals surface area contributed by atoms with E-state index in [1.807, 2.05) is 0 Å². The van der Waals surface area contributed by atoms with Crippen molar-refractivity contribution in [1.82, 2.24) is 0 Å². The highest BCUT2D eigenvalue weighted by atomic mass is 35.5. The first-order chi connectivity index (χ1) is 20.2. The second kappa shape index (κ2) is 11.7. The topological polar surface area (TPSA) is 15.3 Å².